The lowest BCUT2D eigenvalue weighted by Gasteiger charge is -2.24. The normalized spacial score (nSPS) is 17.8. The molecule has 0 unspecified atom stereocenters. The van der Waals surface area contributed by atoms with Crippen molar-refractivity contribution in [2.75, 3.05) is 0 Å². The molecule has 1 rings (SSSR count). The highest BCUT2D eigenvalue weighted by molar-refractivity contribution is 7.80. The second-order valence-corrected chi connectivity index (χ2v) is 3.90. The van der Waals surface area contributed by atoms with Crippen LogP contribution in [0.25, 0.3) is 0 Å². The van der Waals surface area contributed by atoms with E-state index in [0.29, 0.717) is 5.23 Å². The van der Waals surface area contributed by atoms with Gasteiger partial charge in [-0.25, -0.2) is 0 Å². The van der Waals surface area contributed by atoms with Crippen LogP contribution >= 0.6 is 12.2 Å². The molecule has 0 aromatic carbocycles. The largest absolute Gasteiger partial charge is 0.540 e. The molecule has 1 aliphatic rings. The molecule has 0 amide bonds. The summed E-state index contributed by atoms with van der Waals surface area (Å²) in [5.74, 6) is 0. The molecule has 1 aliphatic heterocycles. The first-order valence-corrected chi connectivity index (χ1v) is 6.26. The molecular weight excluding hydrogens is 327 g/mol. The number of nitrogens with one attached hydrogen (secondary N) is 1. The molecule has 1 saturated heterocycles. The lowest BCUT2D eigenvalue weighted by atomic mass is 11.2. The maximum absolute atomic E-state index is 10.1. The van der Waals surface area contributed by atoms with Gasteiger partial charge in [-0.15, -0.1) is 8.57 Å². The first kappa shape index (κ1) is 10.5. The van der Waals surface area contributed by atoms with Crippen LogP contribution < -0.4 is 33.4 Å². The third-order valence-electron chi connectivity index (χ3n) is 0.612. The number of hydrogen-bond acceptors (Lipinski definition) is 7. The van der Waals surface area contributed by atoms with Crippen molar-refractivity contribution < 1.29 is 43.9 Å². The van der Waals surface area contributed by atoms with E-state index >= 15 is 0 Å². The molecular formula is CHIN2O6S2. The Balaban J connectivity index is 2.17. The predicted molar refractivity (Wildman–Crippen MR) is 29.0 cm³/mol. The number of hydrogen-bond donors (Lipinski definition) is 1. The first-order valence-electron chi connectivity index (χ1n) is 2.21. The van der Waals surface area contributed by atoms with Crippen LogP contribution in [-0.4, -0.2) is 14.5 Å². The summed E-state index contributed by atoms with van der Waals surface area (Å²) in [6, 6.07) is 0. The predicted octanol–water partition coefficient (Wildman–Crippen LogP) is -6.36. The summed E-state index contributed by atoms with van der Waals surface area (Å²) < 4.78 is 42.4. The molecule has 70 valence electrons. The van der Waals surface area contributed by atoms with Gasteiger partial charge >= 0.3 is 32.4 Å². The minimum absolute atomic E-state index is 0.288. The molecule has 11 heteroatoms. The Kier molecular flexibility index (Phi) is 3.97. The van der Waals surface area contributed by atoms with Crippen molar-refractivity contribution in [3.05, 3.63) is 0 Å². The summed E-state index contributed by atoms with van der Waals surface area (Å²) >= 11 is -1.24. The van der Waals surface area contributed by atoms with Crippen LogP contribution in [0.4, 0.5) is 0 Å². The Labute approximate surface area is 83.1 Å². The van der Waals surface area contributed by atoms with Crippen molar-refractivity contribution in [1.29, 1.82) is 0 Å². The van der Waals surface area contributed by atoms with Crippen LogP contribution in [0.3, 0.4) is 0 Å². The van der Waals surface area contributed by atoms with Crippen LogP contribution in [0.2, 0.25) is 0 Å². The Morgan fingerprint density at radius 3 is 2.67 bits per heavy atom. The Hall–Kier alpha value is 0.370. The Bertz CT molecular complexity index is 202. The summed E-state index contributed by atoms with van der Waals surface area (Å²) in [7, 11) is 0. The van der Waals surface area contributed by atoms with Crippen LogP contribution in [0.5, 0.6) is 0 Å². The van der Waals surface area contributed by atoms with Crippen molar-refractivity contribution in [2.45, 2.75) is 0 Å². The van der Waals surface area contributed by atoms with Gasteiger partial charge in [-0.3, -0.25) is 0 Å². The average Bonchev–Trinajstić information content (AvgIpc) is 1.94. The van der Waals surface area contributed by atoms with Crippen LogP contribution in [0.15, 0.2) is 0 Å². The molecule has 0 aromatic heterocycles. The van der Waals surface area contributed by atoms with Gasteiger partial charge in [0.15, 0.2) is 0 Å². The molecule has 1 heterocycles. The van der Waals surface area contributed by atoms with E-state index < -0.39 is 32.4 Å². The molecule has 0 atom stereocenters. The fourth-order valence-corrected chi connectivity index (χ4v) is 1.42. The van der Waals surface area contributed by atoms with E-state index in [1.54, 1.807) is 0 Å². The molecule has 0 radical (unpaired) electrons. The molecule has 8 nitrogen and oxygen atoms in total. The third kappa shape index (κ3) is 3.02. The van der Waals surface area contributed by atoms with E-state index in [1.165, 1.54) is 0 Å². The number of hydroxylamine groups is 3. The van der Waals surface area contributed by atoms with Gasteiger partial charge in [-0.05, 0) is 12.2 Å². The smallest absolute Gasteiger partial charge is 0.394 e. The zero-order chi connectivity index (χ0) is 9.14. The van der Waals surface area contributed by atoms with Gasteiger partial charge < -0.3 is 6.87 Å². The molecule has 0 aromatic rings. The maximum atomic E-state index is 10.1. The van der Waals surface area contributed by atoms with Gasteiger partial charge in [-0.2, -0.15) is 9.69 Å². The van der Waals surface area contributed by atoms with E-state index in [-0.39, 0.29) is 5.11 Å². The second kappa shape index (κ2) is 4.56. The highest BCUT2D eigenvalue weighted by Gasteiger charge is 2.31. The topological polar surface area (TPSA) is 106 Å². The lowest BCUT2D eigenvalue weighted by Crippen LogP contribution is -3.99. The summed E-state index contributed by atoms with van der Waals surface area (Å²) in [5, 5.41) is 0.258. The van der Waals surface area contributed by atoms with Crippen LogP contribution in [-0.2, 0) is 23.1 Å². The van der Waals surface area contributed by atoms with Gasteiger partial charge in [0.05, 0.1) is 0 Å². The minimum Gasteiger partial charge on any atom is -0.394 e. The van der Waals surface area contributed by atoms with Gasteiger partial charge in [0.1, 0.15) is 3.17 Å². The van der Waals surface area contributed by atoms with E-state index in [2.05, 4.69) is 24.0 Å². The zero-order valence-corrected chi connectivity index (χ0v) is 8.88. The molecule has 0 saturated carbocycles. The Morgan fingerprint density at radius 2 is 2.25 bits per heavy atom. The van der Waals surface area contributed by atoms with Crippen LogP contribution in [0, 0.1) is 0 Å². The number of halogens is 1. The summed E-state index contributed by atoms with van der Waals surface area (Å²) in [6.45, 7) is 0. The second-order valence-electron chi connectivity index (χ2n) is 1.28. The highest BCUT2D eigenvalue weighted by atomic mass is 127. The van der Waals surface area contributed by atoms with Crippen LogP contribution in [0.1, 0.15) is 0 Å². The van der Waals surface area contributed by atoms with Crippen molar-refractivity contribution >= 4 is 28.7 Å². The van der Waals surface area contributed by atoms with Gasteiger partial charge in [-0.1, -0.05) is 5.23 Å². The zero-order valence-electron chi connectivity index (χ0n) is 5.09. The van der Waals surface area contributed by atoms with Gasteiger partial charge in [0.25, 0.3) is 5.11 Å². The molecule has 1 fully saturated rings. The maximum Gasteiger partial charge on any atom is 0.540 e. The summed E-state index contributed by atoms with van der Waals surface area (Å²) in [5.41, 5.74) is 1.82. The molecule has 0 bridgehead atoms. The quantitative estimate of drug-likeness (QED) is 0.301. The fourth-order valence-electron chi connectivity index (χ4n) is 0.286. The van der Waals surface area contributed by atoms with E-state index in [9.17, 15) is 11.1 Å². The van der Waals surface area contributed by atoms with Crippen molar-refractivity contribution in [3.63, 3.8) is 0 Å². The minimum atomic E-state index is -3.83. The Morgan fingerprint density at radius 1 is 1.67 bits per heavy atom. The molecule has 0 spiro atoms. The molecule has 0 aliphatic carbocycles. The van der Waals surface area contributed by atoms with E-state index in [1.807, 2.05) is 5.48 Å². The SMILES string of the molecule is O=S1ON(C(=S)NO[I+2]([O-])[O-])O1. The van der Waals surface area contributed by atoms with Crippen molar-refractivity contribution in [2.24, 2.45) is 0 Å². The summed E-state index contributed by atoms with van der Waals surface area (Å²) in [6.07, 6.45) is 0. The van der Waals surface area contributed by atoms with E-state index in [4.69, 9.17) is 0 Å². The summed E-state index contributed by atoms with van der Waals surface area (Å²) in [4.78, 5) is 0. The average molecular weight is 328 g/mol. The number of rotatable bonds is 2. The first-order chi connectivity index (χ1) is 5.59. The third-order valence-corrected chi connectivity index (χ3v) is 1.94. The van der Waals surface area contributed by atoms with E-state index in [0.717, 1.165) is 0 Å². The highest BCUT2D eigenvalue weighted by Crippen LogP contribution is 2.10. The van der Waals surface area contributed by atoms with Crippen molar-refractivity contribution in [3.8, 4) is 0 Å². The van der Waals surface area contributed by atoms with Gasteiger partial charge in [0, 0.05) is 0 Å². The van der Waals surface area contributed by atoms with Gasteiger partial charge in [0.2, 0.25) is 0 Å². The monoisotopic (exact) mass is 328 g/mol. The number of nitrogens with zero attached hydrogens (tertiary/aromatic N) is 1. The lowest BCUT2D eigenvalue weighted by molar-refractivity contribution is -1.63. The standard InChI is InChI=1S/CHIN2O6S2/c5-2(6)8-3-1(11)4-9-12(7)10-4/h(H,3,11). The number of thiocarbonyl (C=S) groups is 1. The fraction of sp³-hybridized carbons (Fsp3) is 0. The molecule has 1 N–H and O–H groups in total. The van der Waals surface area contributed by atoms with Crippen molar-refractivity contribution in [1.82, 2.24) is 10.7 Å². The molecule has 12 heavy (non-hydrogen) atoms.